The van der Waals surface area contributed by atoms with Crippen LogP contribution in [0.5, 0.6) is 0 Å². The van der Waals surface area contributed by atoms with Crippen molar-refractivity contribution in [1.82, 2.24) is 0 Å². The summed E-state index contributed by atoms with van der Waals surface area (Å²) in [5.41, 5.74) is 5.27. The maximum Gasteiger partial charge on any atom is 0.0701 e. The first-order valence-corrected chi connectivity index (χ1v) is 6.16. The second-order valence-electron chi connectivity index (χ2n) is 4.19. The molecule has 0 aliphatic rings. The smallest absolute Gasteiger partial charge is 0.0701 e. The zero-order valence-electron chi connectivity index (χ0n) is 10.4. The molecule has 0 aromatic carbocycles. The Morgan fingerprint density at radius 2 is 1.31 bits per heavy atom. The predicted octanol–water partition coefficient (Wildman–Crippen LogP) is 1.09. The molecule has 0 radical (unpaired) electrons. The lowest BCUT2D eigenvalue weighted by molar-refractivity contribution is 0.0148. The van der Waals surface area contributed by atoms with Crippen molar-refractivity contribution >= 4 is 12.6 Å². The largest absolute Gasteiger partial charge is 0.379 e. The Hall–Kier alpha value is 0.190. The molecule has 0 saturated carbocycles. The maximum atomic E-state index is 5.40. The van der Waals surface area contributed by atoms with Gasteiger partial charge in [-0.05, 0) is 6.42 Å². The first-order valence-electron chi connectivity index (χ1n) is 5.72. The van der Waals surface area contributed by atoms with Crippen LogP contribution in [-0.2, 0) is 14.2 Å². The molecule has 98 valence electrons. The summed E-state index contributed by atoms with van der Waals surface area (Å²) in [7, 11) is 0. The Morgan fingerprint density at radius 3 is 1.75 bits per heavy atom. The number of rotatable bonds is 11. The van der Waals surface area contributed by atoms with Crippen LogP contribution in [0.1, 0.15) is 20.3 Å². The summed E-state index contributed by atoms with van der Waals surface area (Å²) in [6, 6.07) is 0. The maximum absolute atomic E-state index is 5.40. The zero-order chi connectivity index (χ0) is 12.3. The van der Waals surface area contributed by atoms with Crippen molar-refractivity contribution in [3.05, 3.63) is 0 Å². The van der Waals surface area contributed by atoms with E-state index in [1.54, 1.807) is 0 Å². The summed E-state index contributed by atoms with van der Waals surface area (Å²) in [6.45, 7) is 8.46. The van der Waals surface area contributed by atoms with Crippen LogP contribution in [0, 0.1) is 0 Å². The Balaban J connectivity index is 2.99. The van der Waals surface area contributed by atoms with Gasteiger partial charge >= 0.3 is 0 Å². The molecule has 0 bridgehead atoms. The lowest BCUT2D eigenvalue weighted by atomic mass is 10.1. The average Bonchev–Trinajstić information content (AvgIpc) is 2.19. The third-order valence-electron chi connectivity index (χ3n) is 1.86. The molecular formula is C11H25NO3S. The molecule has 0 spiro atoms. The van der Waals surface area contributed by atoms with Gasteiger partial charge in [0.15, 0.2) is 0 Å². The van der Waals surface area contributed by atoms with Gasteiger partial charge in [0, 0.05) is 17.9 Å². The van der Waals surface area contributed by atoms with Crippen LogP contribution in [0.25, 0.3) is 0 Å². The van der Waals surface area contributed by atoms with Crippen molar-refractivity contribution in [2.75, 3.05) is 46.2 Å². The van der Waals surface area contributed by atoms with E-state index in [1.807, 2.05) is 0 Å². The molecule has 5 heteroatoms. The fourth-order valence-electron chi connectivity index (χ4n) is 0.947. The number of hydrogen-bond donors (Lipinski definition) is 2. The van der Waals surface area contributed by atoms with Crippen molar-refractivity contribution < 1.29 is 14.2 Å². The van der Waals surface area contributed by atoms with Crippen LogP contribution in [0.4, 0.5) is 0 Å². The van der Waals surface area contributed by atoms with Crippen molar-refractivity contribution in [3.8, 4) is 0 Å². The fraction of sp³-hybridized carbons (Fsp3) is 1.00. The molecule has 0 aromatic rings. The minimum Gasteiger partial charge on any atom is -0.379 e. The van der Waals surface area contributed by atoms with Crippen LogP contribution in [0.3, 0.4) is 0 Å². The standard InChI is InChI=1S/C11H25NO3S/c1-11(2,16)3-5-13-7-9-15-10-8-14-6-4-12/h16H,3-10,12H2,1-2H3. The highest BCUT2D eigenvalue weighted by Gasteiger charge is 2.09. The van der Waals surface area contributed by atoms with E-state index in [4.69, 9.17) is 19.9 Å². The van der Waals surface area contributed by atoms with Crippen LogP contribution in [-0.4, -0.2) is 50.9 Å². The molecule has 0 aromatic heterocycles. The molecule has 0 amide bonds. The third-order valence-corrected chi connectivity index (χ3v) is 2.09. The van der Waals surface area contributed by atoms with Gasteiger partial charge in [0.2, 0.25) is 0 Å². The molecule has 0 saturated heterocycles. The van der Waals surface area contributed by atoms with Crippen LogP contribution >= 0.6 is 12.6 Å². The minimum atomic E-state index is 0.0386. The van der Waals surface area contributed by atoms with E-state index in [2.05, 4.69) is 26.5 Å². The van der Waals surface area contributed by atoms with Gasteiger partial charge < -0.3 is 19.9 Å². The summed E-state index contributed by atoms with van der Waals surface area (Å²) in [4.78, 5) is 0. The van der Waals surface area contributed by atoms with Gasteiger partial charge in [-0.2, -0.15) is 12.6 Å². The van der Waals surface area contributed by atoms with Crippen LogP contribution < -0.4 is 5.73 Å². The Bertz CT molecular complexity index is 151. The Kier molecular flexibility index (Phi) is 10.5. The number of thiol groups is 1. The van der Waals surface area contributed by atoms with Gasteiger partial charge in [-0.15, -0.1) is 0 Å². The molecule has 0 heterocycles. The van der Waals surface area contributed by atoms with Gasteiger partial charge in [0.1, 0.15) is 0 Å². The predicted molar refractivity (Wildman–Crippen MR) is 69.2 cm³/mol. The summed E-state index contributed by atoms with van der Waals surface area (Å²) in [5, 5.41) is 0. The van der Waals surface area contributed by atoms with Gasteiger partial charge in [0.05, 0.1) is 33.0 Å². The summed E-state index contributed by atoms with van der Waals surface area (Å²) >= 11 is 4.41. The quantitative estimate of drug-likeness (QED) is 0.426. The third kappa shape index (κ3) is 14.2. The molecule has 0 aliphatic heterocycles. The summed E-state index contributed by atoms with van der Waals surface area (Å²) in [6.07, 6.45) is 0.940. The van der Waals surface area contributed by atoms with E-state index in [1.165, 1.54) is 0 Å². The molecular weight excluding hydrogens is 226 g/mol. The summed E-state index contributed by atoms with van der Waals surface area (Å²) in [5.74, 6) is 0. The van der Waals surface area contributed by atoms with Crippen molar-refractivity contribution in [2.45, 2.75) is 25.0 Å². The second kappa shape index (κ2) is 10.4. The van der Waals surface area contributed by atoms with Gasteiger partial charge in [-0.3, -0.25) is 0 Å². The number of hydrogen-bond acceptors (Lipinski definition) is 5. The molecule has 4 nitrogen and oxygen atoms in total. The van der Waals surface area contributed by atoms with E-state index < -0.39 is 0 Å². The normalized spacial score (nSPS) is 12.0. The number of nitrogens with two attached hydrogens (primary N) is 1. The van der Waals surface area contributed by atoms with Crippen molar-refractivity contribution in [1.29, 1.82) is 0 Å². The van der Waals surface area contributed by atoms with E-state index >= 15 is 0 Å². The summed E-state index contributed by atoms with van der Waals surface area (Å²) < 4.78 is 15.9. The first-order chi connectivity index (χ1) is 7.56. The van der Waals surface area contributed by atoms with Crippen molar-refractivity contribution in [2.24, 2.45) is 5.73 Å². The second-order valence-corrected chi connectivity index (χ2v) is 5.40. The van der Waals surface area contributed by atoms with E-state index in [-0.39, 0.29) is 4.75 Å². The minimum absolute atomic E-state index is 0.0386. The zero-order valence-corrected chi connectivity index (χ0v) is 11.3. The van der Waals surface area contributed by atoms with Crippen molar-refractivity contribution in [3.63, 3.8) is 0 Å². The van der Waals surface area contributed by atoms with Crippen LogP contribution in [0.2, 0.25) is 0 Å². The molecule has 0 rings (SSSR count). The first kappa shape index (κ1) is 16.2. The van der Waals surface area contributed by atoms with Gasteiger partial charge in [0.25, 0.3) is 0 Å². The highest BCUT2D eigenvalue weighted by Crippen LogP contribution is 2.16. The Morgan fingerprint density at radius 1 is 0.875 bits per heavy atom. The van der Waals surface area contributed by atoms with E-state index in [9.17, 15) is 0 Å². The van der Waals surface area contributed by atoms with Crippen LogP contribution in [0.15, 0.2) is 0 Å². The highest BCUT2D eigenvalue weighted by molar-refractivity contribution is 7.81. The van der Waals surface area contributed by atoms with E-state index in [0.29, 0.717) is 39.6 Å². The lowest BCUT2D eigenvalue weighted by Crippen LogP contribution is -2.16. The molecule has 2 N–H and O–H groups in total. The molecule has 0 fully saturated rings. The SMILES string of the molecule is CC(C)(S)CCOCCOCCOCCN. The van der Waals surface area contributed by atoms with Gasteiger partial charge in [-0.25, -0.2) is 0 Å². The molecule has 0 atom stereocenters. The molecule has 0 unspecified atom stereocenters. The van der Waals surface area contributed by atoms with Gasteiger partial charge in [-0.1, -0.05) is 13.8 Å². The molecule has 0 aliphatic carbocycles. The fourth-order valence-corrected chi connectivity index (χ4v) is 1.04. The Labute approximate surface area is 104 Å². The average molecular weight is 251 g/mol. The monoisotopic (exact) mass is 251 g/mol. The molecule has 16 heavy (non-hydrogen) atoms. The number of ether oxygens (including phenoxy) is 3. The topological polar surface area (TPSA) is 53.7 Å². The highest BCUT2D eigenvalue weighted by atomic mass is 32.1. The van der Waals surface area contributed by atoms with E-state index in [0.717, 1.165) is 13.0 Å². The lowest BCUT2D eigenvalue weighted by Gasteiger charge is -2.16.